The normalized spacial score (nSPS) is 28.9. The molecule has 2 heterocycles. The van der Waals surface area contributed by atoms with Crippen LogP contribution in [0.2, 0.25) is 0 Å². The first kappa shape index (κ1) is 29.5. The number of benzene rings is 2. The highest BCUT2D eigenvalue weighted by molar-refractivity contribution is 5.77. The number of aliphatic hydroxyl groups excluding tert-OH is 2. The first-order chi connectivity index (χ1) is 18.1. The molecule has 2 aromatic rings. The molecule has 0 spiro atoms. The summed E-state index contributed by atoms with van der Waals surface area (Å²) in [7, 11) is 4.42. The van der Waals surface area contributed by atoms with Gasteiger partial charge in [0, 0.05) is 59.2 Å². The molecule has 2 N–H and O–H groups in total. The Morgan fingerprint density at radius 3 is 1.02 bits per heavy atom. The lowest BCUT2D eigenvalue weighted by molar-refractivity contribution is -0.0794. The van der Waals surface area contributed by atoms with Crippen LogP contribution in [0.3, 0.4) is 0 Å². The van der Waals surface area contributed by atoms with Crippen LogP contribution in [0.1, 0.15) is 123 Å². The molecule has 3 aliphatic rings. The number of likely N-dealkylation sites (N-methyl/N-ethyl adjacent to an activating group) is 2. The van der Waals surface area contributed by atoms with Crippen molar-refractivity contribution in [1.82, 2.24) is 0 Å². The maximum Gasteiger partial charge on any atom is 0.0727 e. The minimum absolute atomic E-state index is 0.0425. The van der Waals surface area contributed by atoms with Gasteiger partial charge in [-0.1, -0.05) is 27.7 Å². The summed E-state index contributed by atoms with van der Waals surface area (Å²) in [5, 5.41) is 24.0. The summed E-state index contributed by atoms with van der Waals surface area (Å²) in [5.74, 6) is -0.586. The molecule has 1 saturated carbocycles. The number of rotatable bonds is 2. The quantitative estimate of drug-likeness (QED) is 0.420. The number of anilines is 2. The van der Waals surface area contributed by atoms with Crippen molar-refractivity contribution in [3.63, 3.8) is 0 Å². The van der Waals surface area contributed by atoms with Crippen LogP contribution < -0.4 is 9.80 Å². The number of nitrogens with zero attached hydrogens (tertiary/aromatic N) is 2. The second-order valence-electron chi connectivity index (χ2n) is 15.5. The Hall–Kier alpha value is -2.04. The van der Waals surface area contributed by atoms with Gasteiger partial charge in [-0.05, 0) is 125 Å². The molecule has 0 unspecified atom stereocenters. The molecular formula is C36H54N2O2. The van der Waals surface area contributed by atoms with E-state index in [1.165, 1.54) is 55.9 Å². The molecule has 0 radical (unpaired) electrons. The minimum Gasteiger partial charge on any atom is -0.392 e. The van der Waals surface area contributed by atoms with Gasteiger partial charge in [-0.3, -0.25) is 0 Å². The molecule has 5 rings (SSSR count). The molecule has 1 fully saturated rings. The highest BCUT2D eigenvalue weighted by Crippen LogP contribution is 2.60. The van der Waals surface area contributed by atoms with Gasteiger partial charge in [0.05, 0.1) is 12.2 Å². The van der Waals surface area contributed by atoms with E-state index in [-0.39, 0.29) is 33.7 Å². The zero-order chi connectivity index (χ0) is 30.4. The van der Waals surface area contributed by atoms with E-state index in [4.69, 9.17) is 0 Å². The lowest BCUT2D eigenvalue weighted by Crippen LogP contribution is -2.53. The Bertz CT molecular complexity index is 1330. The van der Waals surface area contributed by atoms with Crippen molar-refractivity contribution in [2.45, 2.75) is 143 Å². The van der Waals surface area contributed by atoms with Crippen LogP contribution >= 0.6 is 0 Å². The van der Waals surface area contributed by atoms with Crippen LogP contribution in [0.4, 0.5) is 11.4 Å². The van der Waals surface area contributed by atoms with Crippen molar-refractivity contribution >= 4 is 11.4 Å². The van der Waals surface area contributed by atoms with E-state index in [9.17, 15) is 10.2 Å². The van der Waals surface area contributed by atoms with Crippen molar-refractivity contribution in [2.24, 2.45) is 0 Å². The van der Waals surface area contributed by atoms with E-state index in [1.807, 2.05) is 0 Å². The number of fused-ring (bicyclic) bond motifs is 2. The van der Waals surface area contributed by atoms with Gasteiger partial charge in [-0.15, -0.1) is 0 Å². The number of hydrogen-bond donors (Lipinski definition) is 2. The predicted molar refractivity (Wildman–Crippen MR) is 170 cm³/mol. The summed E-state index contributed by atoms with van der Waals surface area (Å²) >= 11 is 0. The standard InChI is InChI=1S/C36H54N2O2/c1-17-19(3)29-27(33(7,8)35(11,12)37(29)15)21(5)23(17)25-31(39)26(32(25)40)24-18(2)20(4)30-28(22(24)6)34(9,10)36(13,14)38(30)16/h25-26,31-32,39-40H,1-16H3. The fourth-order valence-corrected chi connectivity index (χ4v) is 9.09. The predicted octanol–water partition coefficient (Wildman–Crippen LogP) is 7.15. The molecule has 0 saturated heterocycles. The highest BCUT2D eigenvalue weighted by atomic mass is 16.3. The van der Waals surface area contributed by atoms with Crippen molar-refractivity contribution in [1.29, 1.82) is 0 Å². The van der Waals surface area contributed by atoms with Crippen molar-refractivity contribution < 1.29 is 10.2 Å². The molecule has 0 atom stereocenters. The van der Waals surface area contributed by atoms with E-state index in [2.05, 4.69) is 121 Å². The fraction of sp³-hybridized carbons (Fsp3) is 0.667. The van der Waals surface area contributed by atoms with Gasteiger partial charge in [0.15, 0.2) is 0 Å². The molecular weight excluding hydrogens is 492 g/mol. The largest absolute Gasteiger partial charge is 0.392 e. The van der Waals surface area contributed by atoms with Gasteiger partial charge >= 0.3 is 0 Å². The zero-order valence-electron chi connectivity index (χ0n) is 28.1. The Labute approximate surface area is 243 Å². The second kappa shape index (κ2) is 8.28. The third kappa shape index (κ3) is 3.05. The lowest BCUT2D eigenvalue weighted by atomic mass is 9.58. The third-order valence-corrected chi connectivity index (χ3v) is 13.5. The summed E-state index contributed by atoms with van der Waals surface area (Å²) < 4.78 is 0. The van der Waals surface area contributed by atoms with Gasteiger partial charge in [0.25, 0.3) is 0 Å². The van der Waals surface area contributed by atoms with Crippen LogP contribution in [-0.4, -0.2) is 47.6 Å². The van der Waals surface area contributed by atoms with E-state index >= 15 is 0 Å². The Morgan fingerprint density at radius 2 is 0.750 bits per heavy atom. The highest BCUT2D eigenvalue weighted by Gasteiger charge is 2.57. The van der Waals surface area contributed by atoms with Crippen LogP contribution in [0, 0.1) is 41.5 Å². The van der Waals surface area contributed by atoms with Gasteiger partial charge in [-0.2, -0.15) is 0 Å². The lowest BCUT2D eigenvalue weighted by Gasteiger charge is -2.50. The van der Waals surface area contributed by atoms with Crippen LogP contribution in [0.5, 0.6) is 0 Å². The summed E-state index contributed by atoms with van der Waals surface area (Å²) in [6.07, 6.45) is -1.27. The first-order valence-electron chi connectivity index (χ1n) is 15.2. The Balaban J connectivity index is 1.66. The molecule has 220 valence electrons. The molecule has 4 heteroatoms. The van der Waals surface area contributed by atoms with Gasteiger partial charge in [0.2, 0.25) is 0 Å². The summed E-state index contributed by atoms with van der Waals surface area (Å²) in [4.78, 5) is 4.89. The number of aliphatic hydroxyl groups is 2. The summed E-state index contributed by atoms with van der Waals surface area (Å²) in [5.41, 5.74) is 14.9. The average molecular weight is 547 g/mol. The van der Waals surface area contributed by atoms with E-state index in [0.29, 0.717) is 0 Å². The smallest absolute Gasteiger partial charge is 0.0727 e. The SMILES string of the molecule is Cc1c(C)c2c(c(C)c1C1C(O)C(c3c(C)c(C)c4c(c3C)C(C)(C)C(C)(C)N4C)C1O)C(C)(C)C(C)(C)N2C. The van der Waals surface area contributed by atoms with E-state index in [0.717, 1.165) is 11.1 Å². The number of hydrogen-bond acceptors (Lipinski definition) is 4. The molecule has 2 aliphatic heterocycles. The molecule has 0 aromatic heterocycles. The Morgan fingerprint density at radius 1 is 0.475 bits per heavy atom. The molecule has 0 bridgehead atoms. The van der Waals surface area contributed by atoms with Crippen molar-refractivity contribution in [3.8, 4) is 0 Å². The maximum atomic E-state index is 12.0. The van der Waals surface area contributed by atoms with Crippen LogP contribution in [-0.2, 0) is 10.8 Å². The second-order valence-corrected chi connectivity index (χ2v) is 15.5. The van der Waals surface area contributed by atoms with Crippen LogP contribution in [0.25, 0.3) is 0 Å². The molecule has 2 aromatic carbocycles. The fourth-order valence-electron chi connectivity index (χ4n) is 9.09. The first-order valence-corrected chi connectivity index (χ1v) is 15.2. The van der Waals surface area contributed by atoms with E-state index in [1.54, 1.807) is 0 Å². The minimum atomic E-state index is -0.634. The summed E-state index contributed by atoms with van der Waals surface area (Å²) in [6, 6.07) is 0. The average Bonchev–Trinajstić information content (AvgIpc) is 3.09. The van der Waals surface area contributed by atoms with Crippen molar-refractivity contribution in [3.05, 3.63) is 55.6 Å². The summed E-state index contributed by atoms with van der Waals surface area (Å²) in [6.45, 7) is 31.9. The molecule has 1 aliphatic carbocycles. The zero-order valence-corrected chi connectivity index (χ0v) is 28.1. The monoisotopic (exact) mass is 546 g/mol. The Kier molecular flexibility index (Phi) is 6.10. The molecule has 4 nitrogen and oxygen atoms in total. The molecule has 40 heavy (non-hydrogen) atoms. The van der Waals surface area contributed by atoms with Gasteiger partial charge in [-0.25, -0.2) is 0 Å². The van der Waals surface area contributed by atoms with Gasteiger partial charge in [0.1, 0.15) is 0 Å². The van der Waals surface area contributed by atoms with E-state index < -0.39 is 12.2 Å². The topological polar surface area (TPSA) is 46.9 Å². The third-order valence-electron chi connectivity index (χ3n) is 13.5. The van der Waals surface area contributed by atoms with Crippen molar-refractivity contribution in [2.75, 3.05) is 23.9 Å². The maximum absolute atomic E-state index is 12.0. The molecule has 0 amide bonds. The van der Waals surface area contributed by atoms with Crippen LogP contribution in [0.15, 0.2) is 0 Å². The van der Waals surface area contributed by atoms with Gasteiger partial charge < -0.3 is 20.0 Å².